The summed E-state index contributed by atoms with van der Waals surface area (Å²) in [5.41, 5.74) is 2.24. The van der Waals surface area contributed by atoms with E-state index in [-0.39, 0.29) is 16.6 Å². The van der Waals surface area contributed by atoms with E-state index < -0.39 is 16.1 Å². The second-order valence-corrected chi connectivity index (χ2v) is 8.20. The number of fused-ring (bicyclic) bond motifs is 1. The Morgan fingerprint density at radius 2 is 1.93 bits per heavy atom. The maximum Gasteiger partial charge on any atom is 0.263 e. The Morgan fingerprint density at radius 1 is 1.17 bits per heavy atom. The Morgan fingerprint density at radius 3 is 2.72 bits per heavy atom. The number of para-hydroxylation sites is 1. The minimum Gasteiger partial charge on any atom is -0.350 e. The van der Waals surface area contributed by atoms with Crippen molar-refractivity contribution in [2.24, 2.45) is 4.99 Å². The molecule has 0 bridgehead atoms. The van der Waals surface area contributed by atoms with Crippen LogP contribution in [-0.2, 0) is 21.4 Å². The van der Waals surface area contributed by atoms with Crippen molar-refractivity contribution in [3.05, 3.63) is 78.1 Å². The fourth-order valence-electron chi connectivity index (χ4n) is 3.11. The fourth-order valence-corrected chi connectivity index (χ4v) is 4.35. The van der Waals surface area contributed by atoms with E-state index in [0.29, 0.717) is 12.1 Å². The number of hydrogen-bond acceptors (Lipinski definition) is 5. The van der Waals surface area contributed by atoms with Crippen LogP contribution in [0.1, 0.15) is 18.1 Å². The van der Waals surface area contributed by atoms with Crippen LogP contribution in [0.5, 0.6) is 0 Å². The van der Waals surface area contributed by atoms with E-state index in [2.05, 4.69) is 20.1 Å². The van der Waals surface area contributed by atoms with Gasteiger partial charge >= 0.3 is 0 Å². The van der Waals surface area contributed by atoms with E-state index in [1.807, 2.05) is 36.5 Å². The third-order valence-corrected chi connectivity index (χ3v) is 5.96. The molecule has 1 aliphatic rings. The van der Waals surface area contributed by atoms with Gasteiger partial charge in [0.25, 0.3) is 10.0 Å². The van der Waals surface area contributed by atoms with E-state index in [0.717, 1.165) is 11.3 Å². The molecule has 1 aliphatic heterocycles. The molecule has 1 aromatic heterocycles. The number of nitrogens with one attached hydrogen (secondary N) is 2. The van der Waals surface area contributed by atoms with E-state index in [1.165, 1.54) is 6.07 Å². The zero-order valence-corrected chi connectivity index (χ0v) is 16.4. The highest BCUT2D eigenvalue weighted by Gasteiger charge is 2.31. The number of amides is 1. The van der Waals surface area contributed by atoms with Gasteiger partial charge in [-0.1, -0.05) is 30.3 Å². The first kappa shape index (κ1) is 18.9. The Hall–Kier alpha value is -3.46. The standard InChI is InChI=1S/C20H19N5O3S/c1-14(23-19-16-8-3-5-10-18(16)29(27,28)24-19)20(26)21-13-15-7-2-4-9-17(15)25-12-6-11-22-25/h2-12,14H,13H2,1H3,(H,21,26)(H,23,24)/t14-/m0/s1. The summed E-state index contributed by atoms with van der Waals surface area (Å²) in [5, 5.41) is 7.09. The fraction of sp³-hybridized carbons (Fsp3) is 0.150. The molecule has 2 heterocycles. The number of carbonyl (C=O) groups excluding carboxylic acids is 1. The number of rotatable bonds is 5. The lowest BCUT2D eigenvalue weighted by atomic mass is 10.1. The van der Waals surface area contributed by atoms with Gasteiger partial charge in [-0.25, -0.2) is 13.1 Å². The van der Waals surface area contributed by atoms with Crippen molar-refractivity contribution < 1.29 is 13.2 Å². The first-order chi connectivity index (χ1) is 14.0. The van der Waals surface area contributed by atoms with Crippen LogP contribution >= 0.6 is 0 Å². The van der Waals surface area contributed by atoms with Gasteiger partial charge in [0.15, 0.2) is 0 Å². The average Bonchev–Trinajstić information content (AvgIpc) is 3.34. The Balaban J connectivity index is 1.49. The Bertz CT molecular complexity index is 1190. The highest BCUT2D eigenvalue weighted by atomic mass is 32.2. The molecule has 4 rings (SSSR count). The van der Waals surface area contributed by atoms with Crippen LogP contribution in [0, 0.1) is 0 Å². The summed E-state index contributed by atoms with van der Waals surface area (Å²) in [5.74, 6) is -0.128. The van der Waals surface area contributed by atoms with Crippen LogP contribution in [0.25, 0.3) is 5.69 Å². The minimum atomic E-state index is -3.63. The van der Waals surface area contributed by atoms with Crippen molar-refractivity contribution in [3.63, 3.8) is 0 Å². The summed E-state index contributed by atoms with van der Waals surface area (Å²) < 4.78 is 28.5. The number of aromatic nitrogens is 2. The zero-order valence-electron chi connectivity index (χ0n) is 15.6. The van der Waals surface area contributed by atoms with Gasteiger partial charge in [-0.05, 0) is 36.8 Å². The third kappa shape index (κ3) is 3.77. The number of nitrogens with zero attached hydrogens (tertiary/aromatic N) is 3. The molecule has 8 nitrogen and oxygen atoms in total. The molecule has 2 N–H and O–H groups in total. The lowest BCUT2D eigenvalue weighted by Crippen LogP contribution is -2.33. The second kappa shape index (κ2) is 7.51. The number of aliphatic imine (C=N–C) groups is 1. The number of benzene rings is 2. The van der Waals surface area contributed by atoms with Crippen LogP contribution < -0.4 is 10.0 Å². The summed E-state index contributed by atoms with van der Waals surface area (Å²) in [6.45, 7) is 1.92. The highest BCUT2D eigenvalue weighted by Crippen LogP contribution is 2.22. The SMILES string of the molecule is C[C@H](N=C1NS(=O)(=O)c2ccccc21)C(=O)NCc1ccccc1-n1cccn1. The molecular formula is C20H19N5O3S. The first-order valence-electron chi connectivity index (χ1n) is 9.01. The monoisotopic (exact) mass is 409 g/mol. The molecule has 1 amide bonds. The maximum absolute atomic E-state index is 12.6. The Kier molecular flexibility index (Phi) is 4.89. The van der Waals surface area contributed by atoms with Gasteiger partial charge in [0.1, 0.15) is 11.9 Å². The van der Waals surface area contributed by atoms with Gasteiger partial charge < -0.3 is 5.32 Å². The molecule has 3 aromatic rings. The number of carbonyl (C=O) groups is 1. The lowest BCUT2D eigenvalue weighted by molar-refractivity contribution is -0.122. The van der Waals surface area contributed by atoms with Crippen LogP contribution in [0.3, 0.4) is 0 Å². The molecule has 0 saturated carbocycles. The summed E-state index contributed by atoms with van der Waals surface area (Å²) in [7, 11) is -3.63. The van der Waals surface area contributed by atoms with Gasteiger partial charge in [-0.15, -0.1) is 0 Å². The quantitative estimate of drug-likeness (QED) is 0.668. The first-order valence-corrected chi connectivity index (χ1v) is 10.5. The van der Waals surface area contributed by atoms with Crippen molar-refractivity contribution in [3.8, 4) is 5.69 Å². The van der Waals surface area contributed by atoms with Crippen LogP contribution in [-0.4, -0.2) is 36.0 Å². The predicted molar refractivity (Wildman–Crippen MR) is 108 cm³/mol. The van der Waals surface area contributed by atoms with Crippen molar-refractivity contribution in [1.82, 2.24) is 19.8 Å². The van der Waals surface area contributed by atoms with E-state index >= 15 is 0 Å². The molecule has 2 aromatic carbocycles. The summed E-state index contributed by atoms with van der Waals surface area (Å²) in [6, 6.07) is 15.2. The number of amidine groups is 1. The second-order valence-electron chi connectivity index (χ2n) is 6.55. The lowest BCUT2D eigenvalue weighted by Gasteiger charge is -2.13. The molecule has 9 heteroatoms. The average molecular weight is 409 g/mol. The largest absolute Gasteiger partial charge is 0.350 e. The van der Waals surface area contributed by atoms with Crippen molar-refractivity contribution in [1.29, 1.82) is 0 Å². The number of sulfonamides is 1. The molecule has 0 spiro atoms. The minimum absolute atomic E-state index is 0.166. The molecule has 0 aliphatic carbocycles. The zero-order chi connectivity index (χ0) is 20.4. The van der Waals surface area contributed by atoms with Crippen molar-refractivity contribution in [2.75, 3.05) is 0 Å². The van der Waals surface area contributed by atoms with E-state index in [9.17, 15) is 13.2 Å². The molecule has 1 atom stereocenters. The summed E-state index contributed by atoms with van der Waals surface area (Å²) >= 11 is 0. The van der Waals surface area contributed by atoms with Crippen LogP contribution in [0.4, 0.5) is 0 Å². The summed E-state index contributed by atoms with van der Waals surface area (Å²) in [4.78, 5) is 17.0. The molecule has 0 fully saturated rings. The van der Waals surface area contributed by atoms with E-state index in [4.69, 9.17) is 0 Å². The maximum atomic E-state index is 12.6. The topological polar surface area (TPSA) is 105 Å². The predicted octanol–water partition coefficient (Wildman–Crippen LogP) is 1.62. The van der Waals surface area contributed by atoms with Crippen LogP contribution in [0.2, 0.25) is 0 Å². The highest BCUT2D eigenvalue weighted by molar-refractivity contribution is 7.90. The molecule has 0 radical (unpaired) electrons. The third-order valence-electron chi connectivity index (χ3n) is 4.56. The van der Waals surface area contributed by atoms with Gasteiger partial charge in [-0.3, -0.25) is 14.5 Å². The number of hydrogen-bond donors (Lipinski definition) is 2. The van der Waals surface area contributed by atoms with Gasteiger partial charge in [0.2, 0.25) is 5.91 Å². The molecule has 0 unspecified atom stereocenters. The van der Waals surface area contributed by atoms with Gasteiger partial charge in [0, 0.05) is 24.5 Å². The molecule has 148 valence electrons. The summed E-state index contributed by atoms with van der Waals surface area (Å²) in [6.07, 6.45) is 3.52. The Labute approximate surface area is 168 Å². The van der Waals surface area contributed by atoms with Gasteiger partial charge in [0.05, 0.1) is 10.6 Å². The van der Waals surface area contributed by atoms with Crippen molar-refractivity contribution >= 4 is 21.8 Å². The molecular weight excluding hydrogens is 390 g/mol. The van der Waals surface area contributed by atoms with Gasteiger partial charge in [-0.2, -0.15) is 5.10 Å². The normalized spacial score (nSPS) is 16.8. The van der Waals surface area contributed by atoms with Crippen molar-refractivity contribution in [2.45, 2.75) is 24.4 Å². The molecule has 29 heavy (non-hydrogen) atoms. The van der Waals surface area contributed by atoms with E-state index in [1.54, 1.807) is 36.0 Å². The molecule has 0 saturated heterocycles. The smallest absolute Gasteiger partial charge is 0.263 e. The van der Waals surface area contributed by atoms with Crippen LogP contribution in [0.15, 0.2) is 76.9 Å².